The molecule has 0 bridgehead atoms. The first-order valence-corrected chi connectivity index (χ1v) is 7.99. The van der Waals surface area contributed by atoms with Crippen LogP contribution in [-0.4, -0.2) is 26.2 Å². The van der Waals surface area contributed by atoms with Crippen LogP contribution in [0.25, 0.3) is 0 Å². The summed E-state index contributed by atoms with van der Waals surface area (Å²) in [5.74, 6) is 1.71. The molecule has 1 amide bonds. The second-order valence-corrected chi connectivity index (χ2v) is 5.51. The lowest BCUT2D eigenvalue weighted by Crippen LogP contribution is -2.26. The van der Waals surface area contributed by atoms with Gasteiger partial charge in [-0.1, -0.05) is 11.6 Å². The summed E-state index contributed by atoms with van der Waals surface area (Å²) < 4.78 is 10.7. The van der Waals surface area contributed by atoms with Crippen LogP contribution in [0.1, 0.15) is 38.5 Å². The van der Waals surface area contributed by atoms with Gasteiger partial charge in [0.15, 0.2) is 0 Å². The second kappa shape index (κ2) is 9.13. The molecule has 0 aromatic heterocycles. The van der Waals surface area contributed by atoms with Crippen molar-refractivity contribution < 1.29 is 14.3 Å². The fourth-order valence-corrected chi connectivity index (χ4v) is 2.46. The smallest absolute Gasteiger partial charge is 0.220 e. The summed E-state index contributed by atoms with van der Waals surface area (Å²) in [6.45, 7) is 1.25. The highest BCUT2D eigenvalue weighted by molar-refractivity contribution is 5.76. The van der Waals surface area contributed by atoms with Gasteiger partial charge in [-0.2, -0.15) is 0 Å². The van der Waals surface area contributed by atoms with Gasteiger partial charge in [0.25, 0.3) is 0 Å². The summed E-state index contributed by atoms with van der Waals surface area (Å²) in [6, 6.07) is 7.46. The van der Waals surface area contributed by atoms with Crippen LogP contribution in [0.3, 0.4) is 0 Å². The Balaban J connectivity index is 1.57. The predicted octanol–water partition coefficient (Wildman–Crippen LogP) is 3.47. The Morgan fingerprint density at radius 1 is 1.18 bits per heavy atom. The number of hydrogen-bond donors (Lipinski definition) is 1. The summed E-state index contributed by atoms with van der Waals surface area (Å²) in [7, 11) is 1.64. The van der Waals surface area contributed by atoms with E-state index in [1.165, 1.54) is 18.4 Å². The van der Waals surface area contributed by atoms with Crippen molar-refractivity contribution in [3.05, 3.63) is 35.9 Å². The average molecular weight is 303 g/mol. The molecule has 0 unspecified atom stereocenters. The molecule has 0 saturated carbocycles. The normalized spacial score (nSPS) is 14.1. The first-order valence-electron chi connectivity index (χ1n) is 7.99. The highest BCUT2D eigenvalue weighted by Crippen LogP contribution is 2.17. The van der Waals surface area contributed by atoms with E-state index in [1.807, 2.05) is 24.3 Å². The molecule has 1 aliphatic rings. The van der Waals surface area contributed by atoms with E-state index in [0.717, 1.165) is 30.8 Å². The zero-order valence-electron chi connectivity index (χ0n) is 13.3. The van der Waals surface area contributed by atoms with Crippen molar-refractivity contribution in [1.82, 2.24) is 5.32 Å². The van der Waals surface area contributed by atoms with E-state index in [1.54, 1.807) is 7.11 Å². The number of hydrogen-bond acceptors (Lipinski definition) is 3. The van der Waals surface area contributed by atoms with E-state index in [-0.39, 0.29) is 5.91 Å². The lowest BCUT2D eigenvalue weighted by molar-refractivity contribution is -0.121. The molecule has 1 N–H and O–H groups in total. The summed E-state index contributed by atoms with van der Waals surface area (Å²) in [5, 5.41) is 2.99. The molecule has 0 atom stereocenters. The van der Waals surface area contributed by atoms with Crippen molar-refractivity contribution in [2.24, 2.45) is 0 Å². The fraction of sp³-hybridized carbons (Fsp3) is 0.500. The molecule has 4 nitrogen and oxygen atoms in total. The average Bonchev–Trinajstić information content (AvgIpc) is 2.58. The predicted molar refractivity (Wildman–Crippen MR) is 87.3 cm³/mol. The fourth-order valence-electron chi connectivity index (χ4n) is 2.46. The van der Waals surface area contributed by atoms with Gasteiger partial charge in [-0.3, -0.25) is 4.79 Å². The number of amides is 1. The topological polar surface area (TPSA) is 47.6 Å². The minimum Gasteiger partial charge on any atom is -0.497 e. The molecule has 2 rings (SSSR count). The van der Waals surface area contributed by atoms with Crippen LogP contribution >= 0.6 is 0 Å². The maximum atomic E-state index is 11.8. The Hall–Kier alpha value is -1.97. The van der Waals surface area contributed by atoms with Crippen LogP contribution < -0.4 is 14.8 Å². The maximum Gasteiger partial charge on any atom is 0.220 e. The van der Waals surface area contributed by atoms with Gasteiger partial charge in [0.2, 0.25) is 5.91 Å². The van der Waals surface area contributed by atoms with E-state index in [2.05, 4.69) is 11.4 Å². The first kappa shape index (κ1) is 16.4. The number of allylic oxidation sites excluding steroid dienone is 1. The summed E-state index contributed by atoms with van der Waals surface area (Å²) in [6.07, 6.45) is 8.29. The van der Waals surface area contributed by atoms with Crippen LogP contribution in [0, 0.1) is 0 Å². The molecule has 22 heavy (non-hydrogen) atoms. The molecule has 1 aromatic rings. The molecule has 0 fully saturated rings. The Kier molecular flexibility index (Phi) is 6.81. The molecule has 1 aliphatic carbocycles. The van der Waals surface area contributed by atoms with E-state index in [4.69, 9.17) is 9.47 Å². The van der Waals surface area contributed by atoms with E-state index in [9.17, 15) is 4.79 Å². The van der Waals surface area contributed by atoms with Gasteiger partial charge < -0.3 is 14.8 Å². The SMILES string of the molecule is COc1ccc(OCCCC(=O)NCC2=CCCCC2)cc1. The molecular formula is C18H25NO3. The Morgan fingerprint density at radius 2 is 1.95 bits per heavy atom. The molecule has 120 valence electrons. The zero-order chi connectivity index (χ0) is 15.6. The van der Waals surface area contributed by atoms with E-state index in [0.29, 0.717) is 19.6 Å². The highest BCUT2D eigenvalue weighted by Gasteiger charge is 2.06. The number of carbonyl (C=O) groups excluding carboxylic acids is 1. The third-order valence-electron chi connectivity index (χ3n) is 3.77. The van der Waals surface area contributed by atoms with Gasteiger partial charge in [0.1, 0.15) is 11.5 Å². The van der Waals surface area contributed by atoms with Gasteiger partial charge >= 0.3 is 0 Å². The second-order valence-electron chi connectivity index (χ2n) is 5.51. The van der Waals surface area contributed by atoms with E-state index >= 15 is 0 Å². The third-order valence-corrected chi connectivity index (χ3v) is 3.77. The van der Waals surface area contributed by atoms with Crippen molar-refractivity contribution in [3.8, 4) is 11.5 Å². The van der Waals surface area contributed by atoms with Gasteiger partial charge in [0, 0.05) is 13.0 Å². The van der Waals surface area contributed by atoms with Gasteiger partial charge in [-0.25, -0.2) is 0 Å². The number of ether oxygens (including phenoxy) is 2. The molecule has 0 saturated heterocycles. The number of nitrogens with one attached hydrogen (secondary N) is 1. The molecule has 0 radical (unpaired) electrons. The minimum atomic E-state index is 0.102. The molecule has 0 spiro atoms. The van der Waals surface area contributed by atoms with Gasteiger partial charge in [0.05, 0.1) is 13.7 Å². The van der Waals surface area contributed by atoms with E-state index < -0.39 is 0 Å². The standard InChI is InChI=1S/C18H25NO3/c1-21-16-9-11-17(12-10-16)22-13-5-8-18(20)19-14-15-6-3-2-4-7-15/h6,9-12H,2-5,7-8,13-14H2,1H3,(H,19,20). The molecule has 1 aromatic carbocycles. The lowest BCUT2D eigenvalue weighted by atomic mass is 10.00. The zero-order valence-corrected chi connectivity index (χ0v) is 13.3. The molecule has 0 aliphatic heterocycles. The number of rotatable bonds is 8. The summed E-state index contributed by atoms with van der Waals surface area (Å²) in [4.78, 5) is 11.8. The third kappa shape index (κ3) is 5.80. The van der Waals surface area contributed by atoms with Gasteiger partial charge in [-0.05, 0) is 56.4 Å². The number of methoxy groups -OCH3 is 1. The monoisotopic (exact) mass is 303 g/mol. The summed E-state index contributed by atoms with van der Waals surface area (Å²) >= 11 is 0. The number of carbonyl (C=O) groups is 1. The van der Waals surface area contributed by atoms with Crippen LogP contribution in [0.4, 0.5) is 0 Å². The van der Waals surface area contributed by atoms with Crippen molar-refractivity contribution in [1.29, 1.82) is 0 Å². The van der Waals surface area contributed by atoms with Crippen LogP contribution in [0.15, 0.2) is 35.9 Å². The molecule has 0 heterocycles. The quantitative estimate of drug-likeness (QED) is 0.591. The van der Waals surface area contributed by atoms with Crippen molar-refractivity contribution in [2.45, 2.75) is 38.5 Å². The highest BCUT2D eigenvalue weighted by atomic mass is 16.5. The van der Waals surface area contributed by atoms with Crippen LogP contribution in [0.2, 0.25) is 0 Å². The Bertz CT molecular complexity index is 494. The number of benzene rings is 1. The summed E-state index contributed by atoms with van der Waals surface area (Å²) in [5.41, 5.74) is 1.37. The molecule has 4 heteroatoms. The Morgan fingerprint density at radius 3 is 2.64 bits per heavy atom. The van der Waals surface area contributed by atoms with Crippen molar-refractivity contribution in [2.75, 3.05) is 20.3 Å². The van der Waals surface area contributed by atoms with Crippen LogP contribution in [-0.2, 0) is 4.79 Å². The lowest BCUT2D eigenvalue weighted by Gasteiger charge is -2.13. The van der Waals surface area contributed by atoms with Crippen molar-refractivity contribution in [3.63, 3.8) is 0 Å². The van der Waals surface area contributed by atoms with Crippen molar-refractivity contribution >= 4 is 5.91 Å². The minimum absolute atomic E-state index is 0.102. The molecular weight excluding hydrogens is 278 g/mol. The van der Waals surface area contributed by atoms with Gasteiger partial charge in [-0.15, -0.1) is 0 Å². The first-order chi connectivity index (χ1) is 10.8. The largest absolute Gasteiger partial charge is 0.497 e. The maximum absolute atomic E-state index is 11.8. The van der Waals surface area contributed by atoms with Crippen LogP contribution in [0.5, 0.6) is 11.5 Å². The Labute approximate surface area is 132 Å².